The molecule has 0 radical (unpaired) electrons. The first-order valence-corrected chi connectivity index (χ1v) is 11.7. The summed E-state index contributed by atoms with van der Waals surface area (Å²) in [5.74, 6) is 0.946. The quantitative estimate of drug-likeness (QED) is 0.219. The largest absolute Gasteiger partial charge is 0.411 e. The number of aromatic amines is 1. The maximum absolute atomic E-state index is 11.7. The van der Waals surface area contributed by atoms with E-state index in [-0.39, 0.29) is 5.71 Å². The lowest BCUT2D eigenvalue weighted by molar-refractivity contribution is 0.0826. The highest BCUT2D eigenvalue weighted by Gasteiger charge is 2.35. The van der Waals surface area contributed by atoms with Gasteiger partial charge in [-0.3, -0.25) is 4.90 Å². The van der Waals surface area contributed by atoms with Crippen LogP contribution in [0.3, 0.4) is 0 Å². The summed E-state index contributed by atoms with van der Waals surface area (Å²) in [4.78, 5) is 12.1. The highest BCUT2D eigenvalue weighted by Crippen LogP contribution is 2.31. The molecule has 1 saturated heterocycles. The van der Waals surface area contributed by atoms with Gasteiger partial charge in [0.2, 0.25) is 0 Å². The Hall–Kier alpha value is -3.39. The Morgan fingerprint density at radius 3 is 2.41 bits per heavy atom. The van der Waals surface area contributed by atoms with Gasteiger partial charge in [0.05, 0.1) is 6.04 Å². The minimum absolute atomic E-state index is 0.226. The van der Waals surface area contributed by atoms with Crippen LogP contribution in [-0.2, 0) is 0 Å². The van der Waals surface area contributed by atoms with Crippen LogP contribution >= 0.6 is 11.6 Å². The van der Waals surface area contributed by atoms with E-state index >= 15 is 0 Å². The second-order valence-corrected chi connectivity index (χ2v) is 8.82. The number of para-hydroxylation sites is 1. The van der Waals surface area contributed by atoms with Crippen molar-refractivity contribution in [3.8, 4) is 0 Å². The zero-order valence-electron chi connectivity index (χ0n) is 18.5. The molecule has 174 valence electrons. The maximum Gasteiger partial charge on any atom is 0.128 e. The van der Waals surface area contributed by atoms with Gasteiger partial charge < -0.3 is 20.2 Å². The Morgan fingerprint density at radius 1 is 0.971 bits per heavy atom. The van der Waals surface area contributed by atoms with E-state index in [1.54, 1.807) is 12.4 Å². The van der Waals surface area contributed by atoms with Crippen LogP contribution in [0.2, 0.25) is 5.02 Å². The fraction of sp³-hybridized carbons (Fsp3) is 0.231. The number of oxime groups is 1. The first-order chi connectivity index (χ1) is 16.7. The third kappa shape index (κ3) is 4.37. The van der Waals surface area contributed by atoms with Crippen LogP contribution in [0, 0.1) is 0 Å². The van der Waals surface area contributed by atoms with Crippen molar-refractivity contribution in [2.24, 2.45) is 5.16 Å². The fourth-order valence-corrected chi connectivity index (χ4v) is 4.85. The van der Waals surface area contributed by atoms with Crippen molar-refractivity contribution in [2.75, 3.05) is 31.1 Å². The molecule has 1 aliphatic heterocycles. The number of fused-ring (bicyclic) bond motifs is 1. The Balaban J connectivity index is 1.46. The number of aliphatic hydroxyl groups is 1. The number of piperazine rings is 1. The zero-order chi connectivity index (χ0) is 23.5. The van der Waals surface area contributed by atoms with Gasteiger partial charge in [0.1, 0.15) is 17.6 Å². The highest BCUT2D eigenvalue weighted by atomic mass is 35.5. The second-order valence-electron chi connectivity index (χ2n) is 8.39. The lowest BCUT2D eigenvalue weighted by Crippen LogP contribution is -2.51. The first-order valence-electron chi connectivity index (χ1n) is 11.3. The van der Waals surface area contributed by atoms with E-state index in [1.165, 1.54) is 0 Å². The van der Waals surface area contributed by atoms with Crippen molar-refractivity contribution in [2.45, 2.75) is 12.1 Å². The summed E-state index contributed by atoms with van der Waals surface area (Å²) < 4.78 is 0. The Bertz CT molecular complexity index is 1270. The number of halogens is 1. The monoisotopic (exact) mass is 475 g/mol. The molecule has 0 amide bonds. The molecule has 2 atom stereocenters. The third-order valence-corrected chi connectivity index (χ3v) is 6.70. The SMILES string of the molecule is O/N=C(/c1c[nH]c2ccccc12)[C@@H](O)[C@@H](c1ccc(Cl)cc1)N1CCN(c2ccccn2)CC1. The van der Waals surface area contributed by atoms with E-state index in [4.69, 9.17) is 11.6 Å². The molecule has 8 heteroatoms. The predicted molar refractivity (Wildman–Crippen MR) is 135 cm³/mol. The molecule has 34 heavy (non-hydrogen) atoms. The smallest absolute Gasteiger partial charge is 0.128 e. The molecule has 2 aromatic heterocycles. The van der Waals surface area contributed by atoms with Crippen LogP contribution in [0.5, 0.6) is 0 Å². The molecule has 0 bridgehead atoms. The molecule has 2 aromatic carbocycles. The molecule has 1 aliphatic rings. The average Bonchev–Trinajstić information content (AvgIpc) is 3.31. The van der Waals surface area contributed by atoms with E-state index in [2.05, 4.69) is 24.9 Å². The van der Waals surface area contributed by atoms with Gasteiger partial charge in [-0.2, -0.15) is 0 Å². The van der Waals surface area contributed by atoms with E-state index in [1.807, 2.05) is 66.7 Å². The molecule has 7 nitrogen and oxygen atoms in total. The third-order valence-electron chi connectivity index (χ3n) is 6.44. The van der Waals surface area contributed by atoms with E-state index in [0.29, 0.717) is 23.7 Å². The van der Waals surface area contributed by atoms with Crippen molar-refractivity contribution in [1.29, 1.82) is 0 Å². The summed E-state index contributed by atoms with van der Waals surface area (Å²) in [5.41, 5.74) is 2.73. The van der Waals surface area contributed by atoms with E-state index in [9.17, 15) is 10.3 Å². The number of nitrogens with zero attached hydrogens (tertiary/aromatic N) is 4. The molecule has 3 N–H and O–H groups in total. The summed E-state index contributed by atoms with van der Waals surface area (Å²) in [6.07, 6.45) is 2.51. The summed E-state index contributed by atoms with van der Waals surface area (Å²) >= 11 is 6.15. The van der Waals surface area contributed by atoms with Crippen molar-refractivity contribution < 1.29 is 10.3 Å². The molecule has 0 saturated carbocycles. The normalized spacial score (nSPS) is 17.1. The van der Waals surface area contributed by atoms with E-state index in [0.717, 1.165) is 35.4 Å². The van der Waals surface area contributed by atoms with Crippen LogP contribution in [-0.4, -0.2) is 63.2 Å². The number of H-pyrrole nitrogens is 1. The number of anilines is 1. The van der Waals surface area contributed by atoms with Crippen LogP contribution in [0.15, 0.2) is 84.3 Å². The fourth-order valence-electron chi connectivity index (χ4n) is 4.73. The molecule has 1 fully saturated rings. The van der Waals surface area contributed by atoms with Crippen LogP contribution < -0.4 is 4.90 Å². The van der Waals surface area contributed by atoms with E-state index < -0.39 is 12.1 Å². The number of hydrogen-bond donors (Lipinski definition) is 3. The van der Waals surface area contributed by atoms with Crippen LogP contribution in [0.25, 0.3) is 10.9 Å². The molecule has 3 heterocycles. The number of pyridine rings is 1. The first kappa shape index (κ1) is 22.4. The molecule has 5 rings (SSSR count). The Kier molecular flexibility index (Phi) is 6.49. The van der Waals surface area contributed by atoms with Gasteiger partial charge in [-0.1, -0.05) is 53.2 Å². The summed E-state index contributed by atoms with van der Waals surface area (Å²) in [7, 11) is 0. The van der Waals surface area contributed by atoms with Crippen LogP contribution in [0.1, 0.15) is 17.2 Å². The molecular formula is C26H26ClN5O2. The topological polar surface area (TPSA) is 88.0 Å². The lowest BCUT2D eigenvalue weighted by atomic mass is 9.92. The van der Waals surface area contributed by atoms with Gasteiger partial charge >= 0.3 is 0 Å². The summed E-state index contributed by atoms with van der Waals surface area (Å²) in [5, 5.41) is 26.8. The van der Waals surface area contributed by atoms with Crippen LogP contribution in [0.4, 0.5) is 5.82 Å². The molecular weight excluding hydrogens is 450 g/mol. The molecule has 0 aliphatic carbocycles. The molecule has 0 unspecified atom stereocenters. The highest BCUT2D eigenvalue weighted by molar-refractivity contribution is 6.30. The zero-order valence-corrected chi connectivity index (χ0v) is 19.3. The number of rotatable bonds is 6. The van der Waals surface area contributed by atoms with Crippen molar-refractivity contribution >= 4 is 34.0 Å². The Morgan fingerprint density at radius 2 is 1.71 bits per heavy atom. The second kappa shape index (κ2) is 9.85. The van der Waals surface area contributed by atoms with Crippen molar-refractivity contribution in [1.82, 2.24) is 14.9 Å². The summed E-state index contributed by atoms with van der Waals surface area (Å²) in [6.45, 7) is 2.97. The van der Waals surface area contributed by atoms with Gasteiger partial charge in [0.25, 0.3) is 0 Å². The Labute approximate surface area is 202 Å². The average molecular weight is 476 g/mol. The summed E-state index contributed by atoms with van der Waals surface area (Å²) in [6, 6.07) is 20.7. The van der Waals surface area contributed by atoms with Gasteiger partial charge in [-0.25, -0.2) is 4.98 Å². The minimum Gasteiger partial charge on any atom is -0.411 e. The number of aromatic nitrogens is 2. The minimum atomic E-state index is -1.06. The lowest BCUT2D eigenvalue weighted by Gasteiger charge is -2.41. The number of benzene rings is 2. The molecule has 4 aromatic rings. The molecule has 0 spiro atoms. The van der Waals surface area contributed by atoms with Gasteiger partial charge in [0.15, 0.2) is 0 Å². The van der Waals surface area contributed by atoms with Gasteiger partial charge in [-0.05, 0) is 35.9 Å². The maximum atomic E-state index is 11.7. The van der Waals surface area contributed by atoms with Crippen molar-refractivity contribution in [3.63, 3.8) is 0 Å². The van der Waals surface area contributed by atoms with Crippen molar-refractivity contribution in [3.05, 3.63) is 95.3 Å². The van der Waals surface area contributed by atoms with Gasteiger partial charge in [-0.15, -0.1) is 0 Å². The number of nitrogens with one attached hydrogen (secondary N) is 1. The number of hydrogen-bond acceptors (Lipinski definition) is 6. The van der Waals surface area contributed by atoms with Gasteiger partial charge in [0, 0.05) is 60.1 Å². The standard InChI is InChI=1S/C26H26ClN5O2/c27-19-10-8-18(9-11-19)25(32-15-13-31(14-16-32)23-7-3-4-12-28-23)26(33)24(30-34)21-17-29-22-6-2-1-5-20(21)22/h1-12,17,25-26,29,33-34H,13-16H2/b30-24-/t25-,26-/m1/s1. The number of aliphatic hydroxyl groups excluding tert-OH is 1. The predicted octanol–water partition coefficient (Wildman–Crippen LogP) is 4.32.